The zero-order valence-electron chi connectivity index (χ0n) is 14.8. The predicted octanol–water partition coefficient (Wildman–Crippen LogP) is 4.62. The molecule has 1 aliphatic rings. The van der Waals surface area contributed by atoms with Gasteiger partial charge in [0.15, 0.2) is 0 Å². The summed E-state index contributed by atoms with van der Waals surface area (Å²) in [5.74, 6) is -0.298. The minimum Gasteiger partial charge on any atom is -0.307 e. The van der Waals surface area contributed by atoms with Crippen molar-refractivity contribution in [3.05, 3.63) is 73.9 Å². The predicted molar refractivity (Wildman–Crippen MR) is 105 cm³/mol. The Morgan fingerprint density at radius 3 is 2.74 bits per heavy atom. The van der Waals surface area contributed by atoms with Crippen LogP contribution in [0.4, 0.5) is 11.4 Å². The number of hydrogen-bond donors (Lipinski definition) is 0. The summed E-state index contributed by atoms with van der Waals surface area (Å²) >= 11 is 6.33. The van der Waals surface area contributed by atoms with Gasteiger partial charge >= 0.3 is 0 Å². The molecule has 1 aromatic heterocycles. The molecule has 7 heteroatoms. The molecular formula is C20H16ClN3O3. The topological polar surface area (TPSA) is 76.3 Å². The minimum atomic E-state index is -0.461. The van der Waals surface area contributed by atoms with Crippen LogP contribution in [0.25, 0.3) is 10.9 Å². The van der Waals surface area contributed by atoms with Crippen LogP contribution in [0.5, 0.6) is 0 Å². The van der Waals surface area contributed by atoms with E-state index in [1.165, 1.54) is 12.1 Å². The van der Waals surface area contributed by atoms with Crippen molar-refractivity contribution >= 4 is 39.8 Å². The molecule has 4 rings (SSSR count). The number of aromatic nitrogens is 1. The standard InChI is InChI=1S/C20H16ClN3O3/c1-11-7-12(2)18-14(8-11)9-16(19(21)22-18)20(25)23-6-5-13-3-4-15(24(26)27)10-17(13)23/h3-4,7-10H,5-6H2,1-2H3. The number of carbonyl (C=O) groups excluding carboxylic acids is 1. The van der Waals surface area contributed by atoms with Crippen molar-refractivity contribution < 1.29 is 9.72 Å². The largest absolute Gasteiger partial charge is 0.307 e. The monoisotopic (exact) mass is 381 g/mol. The van der Waals surface area contributed by atoms with Crippen molar-refractivity contribution in [1.29, 1.82) is 0 Å². The van der Waals surface area contributed by atoms with Gasteiger partial charge in [-0.1, -0.05) is 29.3 Å². The first-order chi connectivity index (χ1) is 12.8. The van der Waals surface area contributed by atoms with Crippen LogP contribution in [-0.2, 0) is 6.42 Å². The Hall–Kier alpha value is -2.99. The molecule has 0 atom stereocenters. The lowest BCUT2D eigenvalue weighted by molar-refractivity contribution is -0.384. The zero-order valence-corrected chi connectivity index (χ0v) is 15.6. The number of nitro benzene ring substituents is 1. The smallest absolute Gasteiger partial charge is 0.271 e. The number of rotatable bonds is 2. The van der Waals surface area contributed by atoms with E-state index in [1.807, 2.05) is 26.0 Å². The summed E-state index contributed by atoms with van der Waals surface area (Å²) in [5, 5.41) is 12.1. The molecule has 6 nitrogen and oxygen atoms in total. The average Bonchev–Trinajstić information content (AvgIpc) is 3.04. The third-order valence-corrected chi connectivity index (χ3v) is 5.15. The highest BCUT2D eigenvalue weighted by molar-refractivity contribution is 6.34. The molecule has 0 fully saturated rings. The molecule has 2 heterocycles. The fraction of sp³-hybridized carbons (Fsp3) is 0.200. The first kappa shape index (κ1) is 17.4. The van der Waals surface area contributed by atoms with Gasteiger partial charge in [0.05, 0.1) is 21.7 Å². The van der Waals surface area contributed by atoms with Gasteiger partial charge in [-0.2, -0.15) is 0 Å². The third kappa shape index (κ3) is 2.92. The number of halogens is 1. The fourth-order valence-corrected chi connectivity index (χ4v) is 3.84. The van der Waals surface area contributed by atoms with E-state index in [1.54, 1.807) is 17.0 Å². The average molecular weight is 382 g/mol. The molecule has 0 saturated carbocycles. The van der Waals surface area contributed by atoms with E-state index in [-0.39, 0.29) is 16.7 Å². The van der Waals surface area contributed by atoms with Crippen molar-refractivity contribution in [2.75, 3.05) is 11.4 Å². The number of pyridine rings is 1. The summed E-state index contributed by atoms with van der Waals surface area (Å²) in [6.07, 6.45) is 0.649. The Bertz CT molecular complexity index is 1130. The molecule has 2 aromatic carbocycles. The highest BCUT2D eigenvalue weighted by atomic mass is 35.5. The second kappa shape index (κ2) is 6.32. The number of benzene rings is 2. The van der Waals surface area contributed by atoms with E-state index in [4.69, 9.17) is 11.6 Å². The second-order valence-electron chi connectivity index (χ2n) is 6.76. The van der Waals surface area contributed by atoms with E-state index >= 15 is 0 Å². The van der Waals surface area contributed by atoms with Gasteiger partial charge in [0.1, 0.15) is 5.15 Å². The molecule has 1 amide bonds. The van der Waals surface area contributed by atoms with E-state index in [9.17, 15) is 14.9 Å². The molecule has 1 aliphatic heterocycles. The summed E-state index contributed by atoms with van der Waals surface area (Å²) in [7, 11) is 0. The van der Waals surface area contributed by atoms with Crippen LogP contribution >= 0.6 is 11.6 Å². The van der Waals surface area contributed by atoms with Crippen LogP contribution in [-0.4, -0.2) is 22.4 Å². The van der Waals surface area contributed by atoms with E-state index < -0.39 is 4.92 Å². The van der Waals surface area contributed by atoms with E-state index in [2.05, 4.69) is 4.98 Å². The molecular weight excluding hydrogens is 366 g/mol. The van der Waals surface area contributed by atoms with Gasteiger partial charge in [0, 0.05) is 24.1 Å². The first-order valence-corrected chi connectivity index (χ1v) is 8.89. The van der Waals surface area contributed by atoms with Crippen LogP contribution in [0, 0.1) is 24.0 Å². The van der Waals surface area contributed by atoms with E-state index in [0.29, 0.717) is 24.2 Å². The van der Waals surface area contributed by atoms with Gasteiger partial charge in [-0.3, -0.25) is 14.9 Å². The number of fused-ring (bicyclic) bond motifs is 2. The number of anilines is 1. The molecule has 0 spiro atoms. The zero-order chi connectivity index (χ0) is 19.3. The van der Waals surface area contributed by atoms with Gasteiger partial charge < -0.3 is 4.90 Å². The molecule has 0 aliphatic carbocycles. The number of aryl methyl sites for hydroxylation is 2. The second-order valence-corrected chi connectivity index (χ2v) is 7.12. The Morgan fingerprint density at radius 2 is 2.00 bits per heavy atom. The molecule has 0 unspecified atom stereocenters. The summed E-state index contributed by atoms with van der Waals surface area (Å²) in [4.78, 5) is 29.7. The number of nitrogens with zero attached hydrogens (tertiary/aromatic N) is 3. The van der Waals surface area contributed by atoms with Gasteiger partial charge in [-0.05, 0) is 43.5 Å². The maximum Gasteiger partial charge on any atom is 0.271 e. The number of hydrogen-bond acceptors (Lipinski definition) is 4. The van der Waals surface area contributed by atoms with E-state index in [0.717, 1.165) is 27.6 Å². The summed E-state index contributed by atoms with van der Waals surface area (Å²) in [6.45, 7) is 4.39. The van der Waals surface area contributed by atoms with Gasteiger partial charge in [-0.25, -0.2) is 4.98 Å². The number of non-ortho nitro benzene ring substituents is 1. The van der Waals surface area contributed by atoms with Gasteiger partial charge in [0.25, 0.3) is 11.6 Å². The number of amides is 1. The summed E-state index contributed by atoms with van der Waals surface area (Å²) in [6, 6.07) is 10.3. The van der Waals surface area contributed by atoms with Crippen molar-refractivity contribution in [3.63, 3.8) is 0 Å². The lowest BCUT2D eigenvalue weighted by Crippen LogP contribution is -2.29. The van der Waals surface area contributed by atoms with Crippen LogP contribution < -0.4 is 4.90 Å². The molecule has 0 radical (unpaired) electrons. The molecule has 0 bridgehead atoms. The quantitative estimate of drug-likeness (QED) is 0.369. The van der Waals surface area contributed by atoms with Crippen molar-refractivity contribution in [2.45, 2.75) is 20.3 Å². The summed E-state index contributed by atoms with van der Waals surface area (Å²) < 4.78 is 0. The van der Waals surface area contributed by atoms with Gasteiger partial charge in [-0.15, -0.1) is 0 Å². The fourth-order valence-electron chi connectivity index (χ4n) is 3.62. The maximum atomic E-state index is 13.2. The molecule has 27 heavy (non-hydrogen) atoms. The lowest BCUT2D eigenvalue weighted by atomic mass is 10.0. The van der Waals surface area contributed by atoms with Crippen molar-refractivity contribution in [1.82, 2.24) is 4.98 Å². The molecule has 136 valence electrons. The molecule has 0 saturated heterocycles. The highest BCUT2D eigenvalue weighted by Gasteiger charge is 2.29. The third-order valence-electron chi connectivity index (χ3n) is 4.86. The first-order valence-electron chi connectivity index (χ1n) is 8.52. The Balaban J connectivity index is 1.80. The van der Waals surface area contributed by atoms with Crippen LogP contribution in [0.1, 0.15) is 27.0 Å². The van der Waals surface area contributed by atoms with Gasteiger partial charge in [0.2, 0.25) is 0 Å². The van der Waals surface area contributed by atoms with Crippen LogP contribution in [0.2, 0.25) is 5.15 Å². The van der Waals surface area contributed by atoms with Crippen molar-refractivity contribution in [3.8, 4) is 0 Å². The highest BCUT2D eigenvalue weighted by Crippen LogP contribution is 2.34. The van der Waals surface area contributed by atoms with Crippen LogP contribution in [0.3, 0.4) is 0 Å². The maximum absolute atomic E-state index is 13.2. The Labute approximate surface area is 160 Å². The molecule has 3 aromatic rings. The normalized spacial score (nSPS) is 13.1. The lowest BCUT2D eigenvalue weighted by Gasteiger charge is -2.18. The van der Waals surface area contributed by atoms with Crippen molar-refractivity contribution in [2.24, 2.45) is 0 Å². The SMILES string of the molecule is Cc1cc(C)c2nc(Cl)c(C(=O)N3CCc4ccc([N+](=O)[O-])cc43)cc2c1. The van der Waals surface area contributed by atoms with Crippen LogP contribution in [0.15, 0.2) is 36.4 Å². The Morgan fingerprint density at radius 1 is 1.22 bits per heavy atom. The summed E-state index contributed by atoms with van der Waals surface area (Å²) in [5.41, 5.74) is 4.56. The Kier molecular flexibility index (Phi) is 4.08. The number of nitro groups is 1. The molecule has 0 N–H and O–H groups in total. The number of carbonyl (C=O) groups is 1. The minimum absolute atomic E-state index is 0.0394.